The van der Waals surface area contributed by atoms with E-state index in [-0.39, 0.29) is 11.5 Å². The van der Waals surface area contributed by atoms with Gasteiger partial charge in [0, 0.05) is 17.5 Å². The minimum atomic E-state index is -0.375. The van der Waals surface area contributed by atoms with E-state index in [1.165, 1.54) is 6.92 Å². The molecule has 0 saturated carbocycles. The zero-order chi connectivity index (χ0) is 9.40. The second-order valence-corrected chi connectivity index (χ2v) is 2.06. The molecule has 0 radical (unpaired) electrons. The van der Waals surface area contributed by atoms with Crippen molar-refractivity contribution in [3.8, 4) is 0 Å². The molecule has 4 nitrogen and oxygen atoms in total. The number of hydrogen-bond acceptors (Lipinski definition) is 3. The number of benzene rings is 1. The van der Waals surface area contributed by atoms with Crippen molar-refractivity contribution in [2.45, 2.75) is 6.92 Å². The molecule has 0 unspecified atom stereocenters. The molecule has 12 heavy (non-hydrogen) atoms. The molecule has 2 N–H and O–H groups in total. The molecule has 0 heterocycles. The second kappa shape index (κ2) is 6.15. The molecule has 0 amide bonds. The summed E-state index contributed by atoms with van der Waals surface area (Å²) in [6.07, 6.45) is 0. The Morgan fingerprint density at radius 1 is 1.42 bits per heavy atom. The lowest BCUT2D eigenvalue weighted by atomic mass is 10.3. The van der Waals surface area contributed by atoms with Crippen LogP contribution in [-0.2, 0) is 0 Å². The van der Waals surface area contributed by atoms with Crippen LogP contribution >= 0.6 is 0 Å². The van der Waals surface area contributed by atoms with Crippen molar-refractivity contribution in [3.05, 3.63) is 40.4 Å². The molecule has 0 aliphatic heterocycles. The van der Waals surface area contributed by atoms with Crippen LogP contribution in [-0.4, -0.2) is 11.5 Å². The maximum atomic E-state index is 9.17. The Bertz CT molecular complexity index is 224. The molecular weight excluding hydrogens is 156 g/mol. The fraction of sp³-hybridized carbons (Fsp3) is 0.250. The fourth-order valence-corrected chi connectivity index (χ4v) is 0.453. The lowest BCUT2D eigenvalue weighted by Gasteiger charge is -1.83. The molecule has 0 aliphatic carbocycles. The smallest absolute Gasteiger partial charge is 0.201 e. The predicted octanol–water partition coefficient (Wildman–Crippen LogP) is 1.55. The van der Waals surface area contributed by atoms with E-state index in [0.29, 0.717) is 0 Å². The molecule has 0 bridgehead atoms. The number of para-hydroxylation sites is 1. The van der Waals surface area contributed by atoms with Crippen molar-refractivity contribution in [1.29, 1.82) is 0 Å². The minimum Gasteiger partial charge on any atom is -0.399 e. The lowest BCUT2D eigenvalue weighted by molar-refractivity contribution is -0.475. The van der Waals surface area contributed by atoms with Crippen molar-refractivity contribution in [2.75, 3.05) is 12.3 Å². The third-order valence-electron chi connectivity index (χ3n) is 1.06. The average molecular weight is 168 g/mol. The minimum absolute atomic E-state index is 0.0278. The van der Waals surface area contributed by atoms with Gasteiger partial charge in [-0.05, 0) is 12.1 Å². The predicted molar refractivity (Wildman–Crippen MR) is 48.4 cm³/mol. The average Bonchev–Trinajstić information content (AvgIpc) is 2.07. The van der Waals surface area contributed by atoms with Crippen LogP contribution in [0.2, 0.25) is 0 Å². The highest BCUT2D eigenvalue weighted by Crippen LogP contribution is 1.95. The van der Waals surface area contributed by atoms with Gasteiger partial charge in [-0.2, -0.15) is 0 Å². The van der Waals surface area contributed by atoms with Gasteiger partial charge in [0.25, 0.3) is 0 Å². The molecule has 4 heteroatoms. The van der Waals surface area contributed by atoms with Gasteiger partial charge in [0.1, 0.15) is 0 Å². The first kappa shape index (κ1) is 10.4. The first-order valence-corrected chi connectivity index (χ1v) is 3.59. The molecule has 0 saturated heterocycles. The Kier molecular flexibility index (Phi) is 5.34. The SMILES string of the molecule is CC[N+](=O)[O-].Nc1ccccc1. The largest absolute Gasteiger partial charge is 0.399 e. The number of hydrogen-bond donors (Lipinski definition) is 1. The van der Waals surface area contributed by atoms with E-state index in [1.807, 2.05) is 30.3 Å². The summed E-state index contributed by atoms with van der Waals surface area (Å²) < 4.78 is 0. The Labute approximate surface area is 71.2 Å². The number of nitrogens with two attached hydrogens (primary N) is 1. The van der Waals surface area contributed by atoms with Crippen molar-refractivity contribution in [1.82, 2.24) is 0 Å². The molecule has 1 rings (SSSR count). The number of nitrogens with zero attached hydrogens (tertiary/aromatic N) is 1. The van der Waals surface area contributed by atoms with E-state index in [0.717, 1.165) is 5.69 Å². The zero-order valence-corrected chi connectivity index (χ0v) is 6.93. The highest BCUT2D eigenvalue weighted by Gasteiger charge is 1.77. The quantitative estimate of drug-likeness (QED) is 0.393. The second-order valence-electron chi connectivity index (χ2n) is 2.06. The molecule has 1 aromatic rings. The van der Waals surface area contributed by atoms with Crippen LogP contribution in [0, 0.1) is 10.1 Å². The first-order chi connectivity index (χ1) is 5.66. The van der Waals surface area contributed by atoms with E-state index in [1.54, 1.807) is 0 Å². The van der Waals surface area contributed by atoms with Crippen molar-refractivity contribution in [2.24, 2.45) is 0 Å². The van der Waals surface area contributed by atoms with Gasteiger partial charge in [0.2, 0.25) is 6.54 Å². The van der Waals surface area contributed by atoms with Gasteiger partial charge in [-0.3, -0.25) is 10.1 Å². The Morgan fingerprint density at radius 3 is 2.00 bits per heavy atom. The van der Waals surface area contributed by atoms with Crippen LogP contribution < -0.4 is 5.73 Å². The molecule has 0 fully saturated rings. The summed E-state index contributed by atoms with van der Waals surface area (Å²) in [7, 11) is 0. The lowest BCUT2D eigenvalue weighted by Crippen LogP contribution is -1.92. The fourth-order valence-electron chi connectivity index (χ4n) is 0.453. The van der Waals surface area contributed by atoms with Gasteiger partial charge >= 0.3 is 0 Å². The molecule has 0 aliphatic rings. The van der Waals surface area contributed by atoms with E-state index in [9.17, 15) is 10.1 Å². The van der Waals surface area contributed by atoms with Crippen LogP contribution in [0.1, 0.15) is 6.92 Å². The zero-order valence-electron chi connectivity index (χ0n) is 6.93. The van der Waals surface area contributed by atoms with Gasteiger partial charge in [-0.15, -0.1) is 0 Å². The summed E-state index contributed by atoms with van der Waals surface area (Å²) in [5.41, 5.74) is 6.18. The molecule has 0 spiro atoms. The number of rotatable bonds is 1. The molecule has 0 aromatic heterocycles. The summed E-state index contributed by atoms with van der Waals surface area (Å²) in [6.45, 7) is 1.53. The topological polar surface area (TPSA) is 69.2 Å². The van der Waals surface area contributed by atoms with Crippen LogP contribution in [0.3, 0.4) is 0 Å². The van der Waals surface area contributed by atoms with E-state index >= 15 is 0 Å². The Balaban J connectivity index is 0.000000217. The van der Waals surface area contributed by atoms with Gasteiger partial charge in [0.15, 0.2) is 0 Å². The van der Waals surface area contributed by atoms with Crippen LogP contribution in [0.4, 0.5) is 5.69 Å². The van der Waals surface area contributed by atoms with Crippen LogP contribution in [0.5, 0.6) is 0 Å². The third-order valence-corrected chi connectivity index (χ3v) is 1.06. The summed E-state index contributed by atoms with van der Waals surface area (Å²) in [5.74, 6) is 0. The standard InChI is InChI=1S/C6H7N.C2H5NO2/c7-6-4-2-1-3-5-6;1-2-3(4)5/h1-5H,7H2;2H2,1H3. The van der Waals surface area contributed by atoms with Gasteiger partial charge in [-0.25, -0.2) is 0 Å². The Hall–Kier alpha value is -1.58. The summed E-state index contributed by atoms with van der Waals surface area (Å²) >= 11 is 0. The first-order valence-electron chi connectivity index (χ1n) is 3.59. The Morgan fingerprint density at radius 2 is 1.83 bits per heavy atom. The van der Waals surface area contributed by atoms with Gasteiger partial charge in [0.05, 0.1) is 0 Å². The van der Waals surface area contributed by atoms with Crippen molar-refractivity contribution in [3.63, 3.8) is 0 Å². The summed E-state index contributed by atoms with van der Waals surface area (Å²) in [6, 6.07) is 9.49. The van der Waals surface area contributed by atoms with E-state index < -0.39 is 0 Å². The third kappa shape index (κ3) is 6.54. The van der Waals surface area contributed by atoms with Crippen LogP contribution in [0.15, 0.2) is 30.3 Å². The van der Waals surface area contributed by atoms with Gasteiger partial charge in [-0.1, -0.05) is 18.2 Å². The number of anilines is 1. The summed E-state index contributed by atoms with van der Waals surface area (Å²) in [4.78, 5) is 8.80. The molecule has 66 valence electrons. The maximum Gasteiger partial charge on any atom is 0.201 e. The molecular formula is C8H12N2O2. The van der Waals surface area contributed by atoms with Crippen molar-refractivity contribution >= 4 is 5.69 Å². The molecule has 0 atom stereocenters. The van der Waals surface area contributed by atoms with Crippen molar-refractivity contribution < 1.29 is 4.92 Å². The highest BCUT2D eigenvalue weighted by molar-refractivity contribution is 5.35. The van der Waals surface area contributed by atoms with E-state index in [2.05, 4.69) is 0 Å². The normalized spacial score (nSPS) is 8.08. The highest BCUT2D eigenvalue weighted by atomic mass is 16.6. The monoisotopic (exact) mass is 168 g/mol. The number of nitro groups is 1. The van der Waals surface area contributed by atoms with E-state index in [4.69, 9.17) is 5.73 Å². The van der Waals surface area contributed by atoms with Gasteiger partial charge < -0.3 is 5.73 Å². The number of nitrogen functional groups attached to an aromatic ring is 1. The summed E-state index contributed by atoms with van der Waals surface area (Å²) in [5, 5.41) is 9.17. The van der Waals surface area contributed by atoms with Crippen LogP contribution in [0.25, 0.3) is 0 Å². The maximum absolute atomic E-state index is 9.17. The molecule has 1 aromatic carbocycles.